The van der Waals surface area contributed by atoms with Gasteiger partial charge in [0.05, 0.1) is 6.61 Å². The molecule has 1 fully saturated rings. The van der Waals surface area contributed by atoms with E-state index in [2.05, 4.69) is 76.6 Å². The number of ether oxygens (including phenoxy) is 1. The summed E-state index contributed by atoms with van der Waals surface area (Å²) in [5.41, 5.74) is 5.51. The maximum Gasteiger partial charge on any atom is 0.119 e. The first-order valence-corrected chi connectivity index (χ1v) is 12.5. The fraction of sp³-hybridized carbons (Fsp3) is 0.448. The minimum atomic E-state index is 0.583. The zero-order chi connectivity index (χ0) is 21.6. The summed E-state index contributed by atoms with van der Waals surface area (Å²) in [6.07, 6.45) is 14.6. The van der Waals surface area contributed by atoms with Crippen LogP contribution in [0.25, 0.3) is 5.57 Å². The molecule has 0 saturated carbocycles. The van der Waals surface area contributed by atoms with Crippen LogP contribution in [-0.4, -0.2) is 44.2 Å². The first-order valence-electron chi connectivity index (χ1n) is 12.5. The summed E-state index contributed by atoms with van der Waals surface area (Å²) >= 11 is 0. The molecular formula is C29H36N2O. The molecule has 2 aliphatic heterocycles. The van der Waals surface area contributed by atoms with E-state index in [4.69, 9.17) is 4.74 Å². The number of rotatable bonds is 8. The summed E-state index contributed by atoms with van der Waals surface area (Å²) in [7, 11) is 0. The third-order valence-electron chi connectivity index (χ3n) is 7.13. The second-order valence-corrected chi connectivity index (χ2v) is 9.47. The molecule has 2 aromatic rings. The lowest BCUT2D eigenvalue weighted by Crippen LogP contribution is -2.31. The standard InChI is InChI=1S/C29H36N2O/c1-3-8-25(9-4-1)26-12-10-24(11-13-26)23-31-20-16-27-22-28(14-15-29(27)31)32-21-7-19-30-17-5-2-6-18-30/h1,3-4,8-10,12-15,22,24H,2,5-7,11,16-21,23H2. The van der Waals surface area contributed by atoms with E-state index in [9.17, 15) is 0 Å². The third kappa shape index (κ3) is 5.27. The predicted octanol–water partition coefficient (Wildman–Crippen LogP) is 5.96. The van der Waals surface area contributed by atoms with Gasteiger partial charge in [0.1, 0.15) is 5.75 Å². The summed E-state index contributed by atoms with van der Waals surface area (Å²) in [5.74, 6) is 1.62. The molecule has 0 radical (unpaired) electrons. The van der Waals surface area contributed by atoms with Crippen molar-refractivity contribution in [3.05, 3.63) is 77.9 Å². The van der Waals surface area contributed by atoms with Gasteiger partial charge in [0, 0.05) is 25.3 Å². The van der Waals surface area contributed by atoms with E-state index in [0.29, 0.717) is 5.92 Å². The van der Waals surface area contributed by atoms with Gasteiger partial charge in [0.25, 0.3) is 0 Å². The molecule has 0 N–H and O–H groups in total. The lowest BCUT2D eigenvalue weighted by Gasteiger charge is -2.26. The molecule has 3 heteroatoms. The molecule has 1 aliphatic carbocycles. The highest BCUT2D eigenvalue weighted by atomic mass is 16.5. The van der Waals surface area contributed by atoms with Crippen LogP contribution in [0.3, 0.4) is 0 Å². The van der Waals surface area contributed by atoms with Crippen molar-refractivity contribution in [2.75, 3.05) is 44.2 Å². The molecule has 1 saturated heterocycles. The Morgan fingerprint density at radius 2 is 1.81 bits per heavy atom. The number of hydrogen-bond acceptors (Lipinski definition) is 3. The van der Waals surface area contributed by atoms with Crippen LogP contribution in [0.1, 0.15) is 43.2 Å². The van der Waals surface area contributed by atoms with Gasteiger partial charge in [-0.25, -0.2) is 0 Å². The Hall–Kier alpha value is -2.52. The second kappa shape index (κ2) is 10.4. The fourth-order valence-electron chi connectivity index (χ4n) is 5.31. The molecule has 1 unspecified atom stereocenters. The van der Waals surface area contributed by atoms with Gasteiger partial charge in [-0.2, -0.15) is 0 Å². The molecule has 5 rings (SSSR count). The zero-order valence-corrected chi connectivity index (χ0v) is 19.2. The first kappa shape index (κ1) is 21.3. The Kier molecular flexibility index (Phi) is 6.93. The molecular weight excluding hydrogens is 392 g/mol. The summed E-state index contributed by atoms with van der Waals surface area (Å²) in [6.45, 7) is 6.75. The Bertz CT molecular complexity index is 943. The smallest absolute Gasteiger partial charge is 0.119 e. The van der Waals surface area contributed by atoms with Gasteiger partial charge in [0.15, 0.2) is 0 Å². The van der Waals surface area contributed by atoms with E-state index in [1.165, 1.54) is 61.3 Å². The van der Waals surface area contributed by atoms with Crippen molar-refractivity contribution in [3.63, 3.8) is 0 Å². The Labute approximate surface area is 193 Å². The lowest BCUT2D eigenvalue weighted by atomic mass is 9.92. The van der Waals surface area contributed by atoms with Crippen LogP contribution in [0.2, 0.25) is 0 Å². The highest BCUT2D eigenvalue weighted by Gasteiger charge is 2.22. The van der Waals surface area contributed by atoms with E-state index in [0.717, 1.165) is 44.7 Å². The van der Waals surface area contributed by atoms with Crippen LogP contribution in [0.4, 0.5) is 5.69 Å². The lowest BCUT2D eigenvalue weighted by molar-refractivity contribution is 0.205. The number of nitrogens with zero attached hydrogens (tertiary/aromatic N) is 2. The van der Waals surface area contributed by atoms with E-state index >= 15 is 0 Å². The van der Waals surface area contributed by atoms with Gasteiger partial charge >= 0.3 is 0 Å². The maximum atomic E-state index is 6.10. The number of allylic oxidation sites excluding steroid dienone is 3. The van der Waals surface area contributed by atoms with Gasteiger partial charge < -0.3 is 14.5 Å². The number of likely N-dealkylation sites (tertiary alicyclic amines) is 1. The number of hydrogen-bond donors (Lipinski definition) is 0. The minimum Gasteiger partial charge on any atom is -0.494 e. The molecule has 1 atom stereocenters. The summed E-state index contributed by atoms with van der Waals surface area (Å²) in [6, 6.07) is 17.4. The van der Waals surface area contributed by atoms with Crippen LogP contribution in [-0.2, 0) is 6.42 Å². The molecule has 2 aromatic carbocycles. The number of anilines is 1. The van der Waals surface area contributed by atoms with Gasteiger partial charge in [-0.1, -0.05) is 55.0 Å². The Morgan fingerprint density at radius 1 is 0.938 bits per heavy atom. The summed E-state index contributed by atoms with van der Waals surface area (Å²) < 4.78 is 6.10. The van der Waals surface area contributed by atoms with Crippen molar-refractivity contribution in [1.29, 1.82) is 0 Å². The molecule has 0 aromatic heterocycles. The summed E-state index contributed by atoms with van der Waals surface area (Å²) in [5, 5.41) is 0. The van der Waals surface area contributed by atoms with Gasteiger partial charge in [-0.15, -0.1) is 0 Å². The van der Waals surface area contributed by atoms with E-state index in [1.54, 1.807) is 0 Å². The second-order valence-electron chi connectivity index (χ2n) is 9.47. The van der Waals surface area contributed by atoms with Crippen LogP contribution in [0, 0.1) is 5.92 Å². The maximum absolute atomic E-state index is 6.10. The SMILES string of the molecule is C1=CC(CN2CCc3cc(OCCCN4CCCCC4)ccc32)CC=C1c1ccccc1. The Balaban J connectivity index is 1.10. The molecule has 3 aliphatic rings. The average molecular weight is 429 g/mol. The normalized spacial score (nSPS) is 20.8. The van der Waals surface area contributed by atoms with Crippen molar-refractivity contribution >= 4 is 11.3 Å². The molecule has 32 heavy (non-hydrogen) atoms. The quantitative estimate of drug-likeness (QED) is 0.482. The van der Waals surface area contributed by atoms with Gasteiger partial charge in [0.2, 0.25) is 0 Å². The van der Waals surface area contributed by atoms with E-state index in [1.807, 2.05) is 0 Å². The van der Waals surface area contributed by atoms with Crippen LogP contribution in [0.5, 0.6) is 5.75 Å². The number of fused-ring (bicyclic) bond motifs is 1. The van der Waals surface area contributed by atoms with Crippen molar-refractivity contribution in [1.82, 2.24) is 4.90 Å². The largest absolute Gasteiger partial charge is 0.494 e. The van der Waals surface area contributed by atoms with Crippen LogP contribution >= 0.6 is 0 Å². The molecule has 0 spiro atoms. The fourth-order valence-corrected chi connectivity index (χ4v) is 5.31. The van der Waals surface area contributed by atoms with Crippen LogP contribution < -0.4 is 9.64 Å². The van der Waals surface area contributed by atoms with Crippen molar-refractivity contribution in [3.8, 4) is 5.75 Å². The number of benzene rings is 2. The van der Waals surface area contributed by atoms with Gasteiger partial charge in [-0.05, 0) is 86.0 Å². The average Bonchev–Trinajstić information content (AvgIpc) is 3.25. The summed E-state index contributed by atoms with van der Waals surface area (Å²) in [4.78, 5) is 5.15. The van der Waals surface area contributed by atoms with E-state index in [-0.39, 0.29) is 0 Å². The minimum absolute atomic E-state index is 0.583. The van der Waals surface area contributed by atoms with Gasteiger partial charge in [-0.3, -0.25) is 0 Å². The van der Waals surface area contributed by atoms with Crippen molar-refractivity contribution in [2.45, 2.75) is 38.5 Å². The topological polar surface area (TPSA) is 15.7 Å². The van der Waals surface area contributed by atoms with Crippen molar-refractivity contribution in [2.24, 2.45) is 5.92 Å². The third-order valence-corrected chi connectivity index (χ3v) is 7.13. The highest BCUT2D eigenvalue weighted by molar-refractivity contribution is 5.75. The molecule has 168 valence electrons. The first-order chi connectivity index (χ1) is 15.8. The Morgan fingerprint density at radius 3 is 2.62 bits per heavy atom. The molecule has 0 bridgehead atoms. The molecule has 0 amide bonds. The highest BCUT2D eigenvalue weighted by Crippen LogP contribution is 2.33. The number of piperidine rings is 1. The van der Waals surface area contributed by atoms with Crippen LogP contribution in [0.15, 0.2) is 66.8 Å². The molecule has 2 heterocycles. The molecule has 3 nitrogen and oxygen atoms in total. The predicted molar refractivity (Wildman–Crippen MR) is 134 cm³/mol. The monoisotopic (exact) mass is 428 g/mol. The zero-order valence-electron chi connectivity index (χ0n) is 19.2. The van der Waals surface area contributed by atoms with E-state index < -0.39 is 0 Å². The van der Waals surface area contributed by atoms with Crippen molar-refractivity contribution < 1.29 is 4.74 Å².